The van der Waals surface area contributed by atoms with Gasteiger partial charge in [-0.15, -0.1) is 0 Å². The highest BCUT2D eigenvalue weighted by molar-refractivity contribution is 7.68. The average molecular weight is 317 g/mol. The highest BCUT2D eigenvalue weighted by atomic mass is 31.1. The fraction of sp³-hybridized carbons (Fsp3) is 0.474. The predicted octanol–water partition coefficient (Wildman–Crippen LogP) is 5.39. The summed E-state index contributed by atoms with van der Waals surface area (Å²) >= 11 is 0. The van der Waals surface area contributed by atoms with Crippen molar-refractivity contribution in [2.24, 2.45) is 0 Å². The Hall–Kier alpha value is -1.27. The van der Waals surface area contributed by atoms with Crippen molar-refractivity contribution >= 4 is 13.4 Å². The maximum absolute atomic E-state index is 5.57. The maximum Gasteiger partial charge on any atom is 0.126 e. The molecule has 1 heterocycles. The number of aromatic amines is 1. The number of hydrogen-bond donors (Lipinski definition) is 1. The van der Waals surface area contributed by atoms with E-state index in [1.54, 1.807) is 7.11 Å². The molecule has 0 bridgehead atoms. The molecular formula is C19H28NOP. The summed E-state index contributed by atoms with van der Waals surface area (Å²) in [5.74, 6) is 0.932. The summed E-state index contributed by atoms with van der Waals surface area (Å²) in [6.45, 7) is 14.1. The third-order valence-electron chi connectivity index (χ3n) is 3.69. The molecule has 22 heavy (non-hydrogen) atoms. The van der Waals surface area contributed by atoms with Crippen molar-refractivity contribution in [3.8, 4) is 16.9 Å². The predicted molar refractivity (Wildman–Crippen MR) is 98.8 cm³/mol. The average Bonchev–Trinajstić information content (AvgIpc) is 2.83. The van der Waals surface area contributed by atoms with Crippen LogP contribution in [0.4, 0.5) is 0 Å². The fourth-order valence-electron chi connectivity index (χ4n) is 3.31. The largest absolute Gasteiger partial charge is 0.496 e. The zero-order valence-electron chi connectivity index (χ0n) is 14.8. The van der Waals surface area contributed by atoms with Crippen molar-refractivity contribution in [3.05, 3.63) is 36.5 Å². The SMILES string of the molecule is COc1ccccc1-c1cc[nH]c1P(C(C)(C)C)C(C)(C)C. The van der Waals surface area contributed by atoms with E-state index < -0.39 is 0 Å². The Kier molecular flexibility index (Phi) is 4.73. The number of nitrogens with one attached hydrogen (secondary N) is 1. The first-order valence-electron chi connectivity index (χ1n) is 7.77. The smallest absolute Gasteiger partial charge is 0.126 e. The lowest BCUT2D eigenvalue weighted by Crippen LogP contribution is -2.32. The molecule has 0 radical (unpaired) electrons. The Balaban J connectivity index is 2.62. The Labute approximate surface area is 136 Å². The lowest BCUT2D eigenvalue weighted by molar-refractivity contribution is 0.416. The third-order valence-corrected chi connectivity index (χ3v) is 7.19. The van der Waals surface area contributed by atoms with Crippen LogP contribution in [0.15, 0.2) is 36.5 Å². The minimum Gasteiger partial charge on any atom is -0.496 e. The number of hydrogen-bond acceptors (Lipinski definition) is 1. The van der Waals surface area contributed by atoms with Crippen LogP contribution in [0.3, 0.4) is 0 Å². The first-order chi connectivity index (χ1) is 10.2. The van der Waals surface area contributed by atoms with Crippen LogP contribution < -0.4 is 10.2 Å². The summed E-state index contributed by atoms with van der Waals surface area (Å²) in [6.07, 6.45) is 2.06. The van der Waals surface area contributed by atoms with Crippen LogP contribution in [0.5, 0.6) is 5.75 Å². The van der Waals surface area contributed by atoms with Crippen molar-refractivity contribution in [3.63, 3.8) is 0 Å². The van der Waals surface area contributed by atoms with Gasteiger partial charge >= 0.3 is 0 Å². The van der Waals surface area contributed by atoms with Gasteiger partial charge in [-0.2, -0.15) is 0 Å². The van der Waals surface area contributed by atoms with Gasteiger partial charge in [0.2, 0.25) is 0 Å². The van der Waals surface area contributed by atoms with Crippen molar-refractivity contribution in [2.75, 3.05) is 7.11 Å². The standard InChI is InChI=1S/C19H28NOP/c1-18(2,3)22(19(4,5)6)17-15(12-13-20-17)14-10-8-9-11-16(14)21-7/h8-13,20H,1-7H3. The molecule has 2 rings (SSSR count). The molecule has 2 aromatic rings. The van der Waals surface area contributed by atoms with Crippen LogP contribution in [0, 0.1) is 0 Å². The third kappa shape index (κ3) is 3.38. The van der Waals surface area contributed by atoms with Crippen LogP contribution in [0.25, 0.3) is 11.1 Å². The quantitative estimate of drug-likeness (QED) is 0.754. The van der Waals surface area contributed by atoms with Crippen LogP contribution in [-0.4, -0.2) is 22.4 Å². The van der Waals surface area contributed by atoms with E-state index in [2.05, 4.69) is 70.9 Å². The van der Waals surface area contributed by atoms with Crippen molar-refractivity contribution in [1.82, 2.24) is 4.98 Å². The molecule has 0 amide bonds. The number of rotatable bonds is 3. The molecule has 0 aliphatic heterocycles. The molecule has 0 unspecified atom stereocenters. The fourth-order valence-corrected chi connectivity index (χ4v) is 7.30. The second kappa shape index (κ2) is 6.08. The van der Waals surface area contributed by atoms with E-state index in [4.69, 9.17) is 4.74 Å². The zero-order valence-corrected chi connectivity index (χ0v) is 15.7. The van der Waals surface area contributed by atoms with Gasteiger partial charge in [-0.25, -0.2) is 0 Å². The van der Waals surface area contributed by atoms with E-state index in [0.29, 0.717) is 0 Å². The zero-order chi connectivity index (χ0) is 16.5. The van der Waals surface area contributed by atoms with E-state index in [1.165, 1.54) is 16.6 Å². The van der Waals surface area contributed by atoms with Crippen LogP contribution in [-0.2, 0) is 0 Å². The molecule has 0 aliphatic carbocycles. The monoisotopic (exact) mass is 317 g/mol. The molecule has 2 nitrogen and oxygen atoms in total. The summed E-state index contributed by atoms with van der Waals surface area (Å²) in [5, 5.41) is 0.463. The first-order valence-corrected chi connectivity index (χ1v) is 9.11. The second-order valence-electron chi connectivity index (χ2n) is 7.62. The Morgan fingerprint density at radius 3 is 2.00 bits per heavy atom. The summed E-state index contributed by atoms with van der Waals surface area (Å²) < 4.78 is 5.57. The van der Waals surface area contributed by atoms with Gasteiger partial charge < -0.3 is 9.72 Å². The molecule has 1 N–H and O–H groups in total. The molecule has 1 aromatic carbocycles. The van der Waals surface area contributed by atoms with Gasteiger partial charge in [0.1, 0.15) is 5.75 Å². The van der Waals surface area contributed by atoms with Gasteiger partial charge in [0.05, 0.1) is 7.11 Å². The number of aromatic nitrogens is 1. The van der Waals surface area contributed by atoms with E-state index in [1.807, 2.05) is 12.1 Å². The Morgan fingerprint density at radius 2 is 1.45 bits per heavy atom. The number of para-hydroxylation sites is 1. The Bertz CT molecular complexity index is 617. The minimum atomic E-state index is -0.374. The lowest BCUT2D eigenvalue weighted by Gasteiger charge is -2.41. The minimum absolute atomic E-state index is 0.231. The number of H-pyrrole nitrogens is 1. The van der Waals surface area contributed by atoms with Gasteiger partial charge in [-0.05, 0) is 30.4 Å². The van der Waals surface area contributed by atoms with Gasteiger partial charge in [0.15, 0.2) is 0 Å². The Morgan fingerprint density at radius 1 is 0.864 bits per heavy atom. The molecule has 0 saturated heterocycles. The molecule has 0 atom stereocenters. The highest BCUT2D eigenvalue weighted by Gasteiger charge is 2.38. The number of methoxy groups -OCH3 is 1. The van der Waals surface area contributed by atoms with Gasteiger partial charge in [-0.3, -0.25) is 0 Å². The normalized spacial score (nSPS) is 12.7. The van der Waals surface area contributed by atoms with Crippen LogP contribution >= 0.6 is 7.92 Å². The number of benzene rings is 1. The van der Waals surface area contributed by atoms with E-state index in [-0.39, 0.29) is 18.2 Å². The lowest BCUT2D eigenvalue weighted by atomic mass is 10.1. The topological polar surface area (TPSA) is 25.0 Å². The summed E-state index contributed by atoms with van der Waals surface area (Å²) in [6, 6.07) is 10.4. The summed E-state index contributed by atoms with van der Waals surface area (Å²) in [7, 11) is 1.36. The van der Waals surface area contributed by atoms with Gasteiger partial charge in [-0.1, -0.05) is 59.7 Å². The number of ether oxygens (including phenoxy) is 1. The molecule has 0 aliphatic rings. The van der Waals surface area contributed by atoms with Gasteiger partial charge in [0, 0.05) is 22.8 Å². The molecule has 0 fully saturated rings. The molecule has 0 spiro atoms. The molecule has 0 saturated carbocycles. The van der Waals surface area contributed by atoms with Crippen molar-refractivity contribution in [1.29, 1.82) is 0 Å². The summed E-state index contributed by atoms with van der Waals surface area (Å²) in [5.41, 5.74) is 3.80. The van der Waals surface area contributed by atoms with Crippen LogP contribution in [0.1, 0.15) is 41.5 Å². The van der Waals surface area contributed by atoms with Crippen LogP contribution in [0.2, 0.25) is 0 Å². The first kappa shape index (κ1) is 17.1. The molecule has 3 heteroatoms. The van der Waals surface area contributed by atoms with Gasteiger partial charge in [0.25, 0.3) is 0 Å². The van der Waals surface area contributed by atoms with E-state index >= 15 is 0 Å². The summed E-state index contributed by atoms with van der Waals surface area (Å²) in [4.78, 5) is 3.54. The molecule has 120 valence electrons. The molecule has 1 aromatic heterocycles. The maximum atomic E-state index is 5.57. The van der Waals surface area contributed by atoms with Crippen molar-refractivity contribution in [2.45, 2.75) is 51.9 Å². The van der Waals surface area contributed by atoms with Crippen molar-refractivity contribution < 1.29 is 4.74 Å². The second-order valence-corrected chi connectivity index (χ2v) is 11.4. The molecular weight excluding hydrogens is 289 g/mol. The van der Waals surface area contributed by atoms with E-state index in [0.717, 1.165) is 5.75 Å². The highest BCUT2D eigenvalue weighted by Crippen LogP contribution is 2.59. The van der Waals surface area contributed by atoms with E-state index in [9.17, 15) is 0 Å².